The summed E-state index contributed by atoms with van der Waals surface area (Å²) in [6, 6.07) is 12.5. The summed E-state index contributed by atoms with van der Waals surface area (Å²) in [5, 5.41) is 4.35. The predicted molar refractivity (Wildman–Crippen MR) is 86.8 cm³/mol. The molecule has 1 atom stereocenters. The van der Waals surface area contributed by atoms with Gasteiger partial charge in [-0.3, -0.25) is 4.98 Å². The van der Waals surface area contributed by atoms with Crippen molar-refractivity contribution in [2.24, 2.45) is 0 Å². The van der Waals surface area contributed by atoms with Gasteiger partial charge in [0.05, 0.1) is 16.2 Å². The molecule has 0 spiro atoms. The standard InChI is InChI=1S/C15H16N2S2/c1-16-14(18)15(9-4-10-19-15)13-8-7-11-5-2-3-6-12(11)17-13/h2-3,5-8H,4,9-10H2,1H3,(H,16,18). The van der Waals surface area contributed by atoms with Gasteiger partial charge in [0, 0.05) is 12.4 Å². The van der Waals surface area contributed by atoms with E-state index in [0.29, 0.717) is 0 Å². The third-order valence-electron chi connectivity index (χ3n) is 3.63. The number of likely N-dealkylation sites (N-methyl/N-ethyl adjacent to an activating group) is 1. The first-order valence-corrected chi connectivity index (χ1v) is 7.88. The van der Waals surface area contributed by atoms with Crippen LogP contribution in [0.15, 0.2) is 36.4 Å². The van der Waals surface area contributed by atoms with Gasteiger partial charge in [-0.25, -0.2) is 0 Å². The van der Waals surface area contributed by atoms with Gasteiger partial charge in [-0.15, -0.1) is 11.8 Å². The maximum Gasteiger partial charge on any atom is 0.108 e. The van der Waals surface area contributed by atoms with Crippen LogP contribution in [0.5, 0.6) is 0 Å². The summed E-state index contributed by atoms with van der Waals surface area (Å²) >= 11 is 7.48. The second-order valence-electron chi connectivity index (χ2n) is 4.75. The van der Waals surface area contributed by atoms with Crippen molar-refractivity contribution in [3.05, 3.63) is 42.1 Å². The van der Waals surface area contributed by atoms with E-state index >= 15 is 0 Å². The number of aromatic nitrogens is 1. The van der Waals surface area contributed by atoms with Gasteiger partial charge < -0.3 is 5.32 Å². The normalized spacial score (nSPS) is 22.6. The van der Waals surface area contributed by atoms with E-state index in [1.165, 1.54) is 11.8 Å². The molecule has 4 heteroatoms. The van der Waals surface area contributed by atoms with Crippen molar-refractivity contribution in [1.29, 1.82) is 0 Å². The number of para-hydroxylation sites is 1. The third-order valence-corrected chi connectivity index (χ3v) is 5.91. The summed E-state index contributed by atoms with van der Waals surface area (Å²) in [7, 11) is 1.91. The zero-order valence-electron chi connectivity index (χ0n) is 10.8. The molecule has 1 saturated heterocycles. The van der Waals surface area contributed by atoms with Crippen LogP contribution in [0.4, 0.5) is 0 Å². The Morgan fingerprint density at radius 3 is 2.89 bits per heavy atom. The second kappa shape index (κ2) is 5.10. The van der Waals surface area contributed by atoms with Crippen LogP contribution in [0, 0.1) is 0 Å². The van der Waals surface area contributed by atoms with Gasteiger partial charge in [-0.1, -0.05) is 36.5 Å². The number of rotatable bonds is 2. The van der Waals surface area contributed by atoms with Gasteiger partial charge in [-0.2, -0.15) is 0 Å². The molecule has 3 rings (SSSR count). The first-order valence-electron chi connectivity index (χ1n) is 6.49. The van der Waals surface area contributed by atoms with Gasteiger partial charge in [0.25, 0.3) is 0 Å². The maximum atomic E-state index is 5.56. The molecule has 2 nitrogen and oxygen atoms in total. The fourth-order valence-corrected chi connectivity index (χ4v) is 4.43. The fraction of sp³-hybridized carbons (Fsp3) is 0.333. The van der Waals surface area contributed by atoms with Crippen molar-refractivity contribution < 1.29 is 0 Å². The van der Waals surface area contributed by atoms with Crippen molar-refractivity contribution in [3.63, 3.8) is 0 Å². The Labute approximate surface area is 123 Å². The van der Waals surface area contributed by atoms with Crippen molar-refractivity contribution >= 4 is 39.9 Å². The van der Waals surface area contributed by atoms with E-state index in [0.717, 1.165) is 28.4 Å². The van der Waals surface area contributed by atoms with E-state index in [1.54, 1.807) is 0 Å². The molecular weight excluding hydrogens is 272 g/mol. The Morgan fingerprint density at radius 1 is 1.32 bits per heavy atom. The van der Waals surface area contributed by atoms with E-state index in [-0.39, 0.29) is 4.75 Å². The van der Waals surface area contributed by atoms with Crippen molar-refractivity contribution in [2.75, 3.05) is 12.8 Å². The minimum absolute atomic E-state index is 0.131. The predicted octanol–water partition coefficient (Wildman–Crippen LogP) is 3.50. The summed E-state index contributed by atoms with van der Waals surface area (Å²) in [5.74, 6) is 1.15. The van der Waals surface area contributed by atoms with Crippen LogP contribution in [0.3, 0.4) is 0 Å². The zero-order valence-corrected chi connectivity index (χ0v) is 12.5. The molecule has 19 heavy (non-hydrogen) atoms. The number of benzene rings is 1. The molecule has 0 amide bonds. The molecule has 1 N–H and O–H groups in total. The lowest BCUT2D eigenvalue weighted by molar-refractivity contribution is 0.714. The topological polar surface area (TPSA) is 24.9 Å². The number of hydrogen-bond donors (Lipinski definition) is 1. The number of nitrogens with zero attached hydrogens (tertiary/aromatic N) is 1. The molecule has 0 radical (unpaired) electrons. The molecule has 2 heterocycles. The largest absolute Gasteiger partial charge is 0.381 e. The second-order valence-corrected chi connectivity index (χ2v) is 6.55. The number of nitrogens with one attached hydrogen (secondary N) is 1. The van der Waals surface area contributed by atoms with E-state index in [4.69, 9.17) is 17.2 Å². The average Bonchev–Trinajstić information content (AvgIpc) is 2.96. The minimum atomic E-state index is -0.131. The molecule has 0 aliphatic carbocycles. The van der Waals surface area contributed by atoms with Crippen molar-refractivity contribution in [1.82, 2.24) is 10.3 Å². The smallest absolute Gasteiger partial charge is 0.108 e. The summed E-state index contributed by atoms with van der Waals surface area (Å²) in [6.07, 6.45) is 2.27. The quantitative estimate of drug-likeness (QED) is 0.855. The van der Waals surface area contributed by atoms with E-state index in [1.807, 2.05) is 30.9 Å². The van der Waals surface area contributed by atoms with Crippen LogP contribution >= 0.6 is 24.0 Å². The van der Waals surface area contributed by atoms with E-state index in [9.17, 15) is 0 Å². The summed E-state index contributed by atoms with van der Waals surface area (Å²) in [4.78, 5) is 5.75. The Balaban J connectivity index is 2.13. The highest BCUT2D eigenvalue weighted by Gasteiger charge is 2.41. The van der Waals surface area contributed by atoms with Gasteiger partial charge in [-0.05, 0) is 30.7 Å². The number of thioether (sulfide) groups is 1. The Kier molecular flexibility index (Phi) is 3.46. The van der Waals surface area contributed by atoms with Crippen LogP contribution in [0.25, 0.3) is 10.9 Å². The molecular formula is C15H16N2S2. The fourth-order valence-electron chi connectivity index (χ4n) is 2.63. The molecule has 1 aromatic heterocycles. The van der Waals surface area contributed by atoms with Gasteiger partial charge in [0.1, 0.15) is 4.75 Å². The highest BCUT2D eigenvalue weighted by atomic mass is 32.2. The molecule has 2 aromatic rings. The summed E-state index contributed by atoms with van der Waals surface area (Å²) in [6.45, 7) is 0. The lowest BCUT2D eigenvalue weighted by atomic mass is 9.97. The van der Waals surface area contributed by atoms with Gasteiger partial charge in [0.2, 0.25) is 0 Å². The van der Waals surface area contributed by atoms with Crippen LogP contribution in [0.2, 0.25) is 0 Å². The SMILES string of the molecule is CNC(=S)C1(c2ccc3ccccc3n2)CCCS1. The Hall–Kier alpha value is -1.13. The van der Waals surface area contributed by atoms with Gasteiger partial charge in [0.15, 0.2) is 0 Å². The lowest BCUT2D eigenvalue weighted by Gasteiger charge is -2.28. The molecule has 1 fully saturated rings. The molecule has 1 aliphatic heterocycles. The molecule has 98 valence electrons. The first-order chi connectivity index (χ1) is 9.26. The van der Waals surface area contributed by atoms with Crippen LogP contribution in [0.1, 0.15) is 18.5 Å². The van der Waals surface area contributed by atoms with Crippen LogP contribution in [-0.2, 0) is 4.75 Å². The monoisotopic (exact) mass is 288 g/mol. The number of thiocarbonyl (C=S) groups is 1. The average molecular weight is 288 g/mol. The highest BCUT2D eigenvalue weighted by Crippen LogP contribution is 2.46. The van der Waals surface area contributed by atoms with E-state index in [2.05, 4.69) is 29.6 Å². The van der Waals surface area contributed by atoms with Crippen LogP contribution in [-0.4, -0.2) is 22.8 Å². The summed E-state index contributed by atoms with van der Waals surface area (Å²) in [5.41, 5.74) is 2.14. The van der Waals surface area contributed by atoms with E-state index < -0.39 is 0 Å². The van der Waals surface area contributed by atoms with Crippen LogP contribution < -0.4 is 5.32 Å². The first kappa shape index (κ1) is 12.9. The highest BCUT2D eigenvalue weighted by molar-refractivity contribution is 8.02. The molecule has 0 bridgehead atoms. The van der Waals surface area contributed by atoms with Gasteiger partial charge >= 0.3 is 0 Å². The number of fused-ring (bicyclic) bond motifs is 1. The Bertz CT molecular complexity index is 618. The molecule has 1 aliphatic rings. The molecule has 0 saturated carbocycles. The number of pyridine rings is 1. The van der Waals surface area contributed by atoms with Crippen molar-refractivity contribution in [2.45, 2.75) is 17.6 Å². The number of hydrogen-bond acceptors (Lipinski definition) is 3. The molecule has 1 aromatic carbocycles. The Morgan fingerprint density at radius 2 is 2.16 bits per heavy atom. The van der Waals surface area contributed by atoms with Crippen molar-refractivity contribution in [3.8, 4) is 0 Å². The maximum absolute atomic E-state index is 5.56. The molecule has 1 unspecified atom stereocenters. The summed E-state index contributed by atoms with van der Waals surface area (Å²) < 4.78 is -0.131. The third kappa shape index (κ3) is 2.13. The minimum Gasteiger partial charge on any atom is -0.381 e. The lowest BCUT2D eigenvalue weighted by Crippen LogP contribution is -2.37. The zero-order chi connectivity index (χ0) is 13.3.